The Morgan fingerprint density at radius 2 is 1.43 bits per heavy atom. The molecule has 0 saturated carbocycles. The Morgan fingerprint density at radius 1 is 0.650 bits per heavy atom. The Bertz CT molecular complexity index is 2230. The first-order valence-corrected chi connectivity index (χ1v) is 13.9. The van der Waals surface area contributed by atoms with Crippen molar-refractivity contribution < 1.29 is 4.42 Å². The van der Waals surface area contributed by atoms with Crippen LogP contribution in [0.15, 0.2) is 138 Å². The van der Waals surface area contributed by atoms with Crippen LogP contribution in [0.4, 0.5) is 0 Å². The third kappa shape index (κ3) is 3.50. The summed E-state index contributed by atoms with van der Waals surface area (Å²) in [6.45, 7) is 0. The predicted octanol–water partition coefficient (Wildman–Crippen LogP) is 8.21. The van der Waals surface area contributed by atoms with Crippen molar-refractivity contribution in [1.82, 2.24) is 9.55 Å². The maximum Gasteiger partial charge on any atom is 0.153 e. The predicted molar refractivity (Wildman–Crippen MR) is 168 cm³/mol. The van der Waals surface area contributed by atoms with Crippen molar-refractivity contribution in [2.45, 2.75) is 0 Å². The Kier molecular flexibility index (Phi) is 5.15. The second-order valence-corrected chi connectivity index (χ2v) is 10.6. The summed E-state index contributed by atoms with van der Waals surface area (Å²) in [5, 5.41) is 5.93. The Morgan fingerprint density at radius 3 is 2.27 bits per heavy atom. The van der Waals surface area contributed by atoms with Gasteiger partial charge in [0.15, 0.2) is 5.58 Å². The monoisotopic (exact) mass is 527 g/mol. The van der Waals surface area contributed by atoms with Crippen LogP contribution >= 0.6 is 0 Å². The van der Waals surface area contributed by atoms with E-state index in [0.29, 0.717) is 0 Å². The summed E-state index contributed by atoms with van der Waals surface area (Å²) in [6, 6.07) is 44.8. The Labute approximate surface area is 234 Å². The third-order valence-corrected chi connectivity index (χ3v) is 8.41. The SMILES string of the molecule is [SiH]=C(c1ccccc1)c1coc2ccc(-n3c4ccccc4c4cc5cccc(-c6ccccc6)c5cc43)nc12. The lowest BCUT2D eigenvalue weighted by atomic mass is 9.97. The maximum absolute atomic E-state index is 5.96. The van der Waals surface area contributed by atoms with E-state index in [9.17, 15) is 0 Å². The highest BCUT2D eigenvalue weighted by molar-refractivity contribution is 6.50. The van der Waals surface area contributed by atoms with Gasteiger partial charge < -0.3 is 4.42 Å². The van der Waals surface area contributed by atoms with Gasteiger partial charge in [-0.1, -0.05) is 97.1 Å². The van der Waals surface area contributed by atoms with Gasteiger partial charge in [0.25, 0.3) is 0 Å². The van der Waals surface area contributed by atoms with Gasteiger partial charge in [-0.25, -0.2) is 4.98 Å². The highest BCUT2D eigenvalue weighted by Crippen LogP contribution is 2.38. The molecule has 0 aliphatic carbocycles. The summed E-state index contributed by atoms with van der Waals surface area (Å²) in [5.41, 5.74) is 8.42. The van der Waals surface area contributed by atoms with Gasteiger partial charge in [0.05, 0.1) is 11.0 Å². The van der Waals surface area contributed by atoms with Gasteiger partial charge in [0, 0.05) is 26.2 Å². The van der Waals surface area contributed by atoms with Gasteiger partial charge in [-0.05, 0) is 63.0 Å². The average Bonchev–Trinajstić information content (AvgIpc) is 3.58. The lowest BCUT2D eigenvalue weighted by Gasteiger charge is -2.11. The minimum Gasteiger partial charge on any atom is -0.462 e. The van der Waals surface area contributed by atoms with Gasteiger partial charge in [0.1, 0.15) is 17.6 Å². The van der Waals surface area contributed by atoms with Crippen molar-refractivity contribution in [2.75, 3.05) is 0 Å². The van der Waals surface area contributed by atoms with Gasteiger partial charge in [-0.2, -0.15) is 0 Å². The lowest BCUT2D eigenvalue weighted by Crippen LogP contribution is -2.04. The number of rotatable bonds is 4. The molecule has 3 aromatic heterocycles. The van der Waals surface area contributed by atoms with E-state index in [4.69, 9.17) is 9.40 Å². The second kappa shape index (κ2) is 9.01. The molecular formula is C36H23N2OSi. The van der Waals surface area contributed by atoms with Crippen molar-refractivity contribution in [3.63, 3.8) is 0 Å². The van der Waals surface area contributed by atoms with Gasteiger partial charge in [-0.3, -0.25) is 4.57 Å². The molecular weight excluding hydrogens is 504 g/mol. The molecule has 187 valence electrons. The van der Waals surface area contributed by atoms with Gasteiger partial charge in [0.2, 0.25) is 0 Å². The van der Waals surface area contributed by atoms with Gasteiger partial charge in [-0.15, -0.1) is 0 Å². The molecule has 0 N–H and O–H groups in total. The summed E-state index contributed by atoms with van der Waals surface area (Å²) >= 11 is 0. The van der Waals surface area contributed by atoms with Crippen LogP contribution in [0, 0.1) is 0 Å². The van der Waals surface area contributed by atoms with Crippen LogP contribution in [0.2, 0.25) is 0 Å². The fourth-order valence-corrected chi connectivity index (χ4v) is 6.25. The number of hydrogen-bond acceptors (Lipinski definition) is 2. The molecule has 0 amide bonds. The summed E-state index contributed by atoms with van der Waals surface area (Å²) in [5.74, 6) is 0.865. The molecule has 0 fully saturated rings. The maximum atomic E-state index is 5.96. The molecule has 4 heteroatoms. The highest BCUT2D eigenvalue weighted by Gasteiger charge is 2.18. The molecule has 0 saturated heterocycles. The van der Waals surface area contributed by atoms with Crippen LogP contribution in [0.3, 0.4) is 0 Å². The van der Waals surface area contributed by atoms with E-state index in [1.54, 1.807) is 0 Å². The average molecular weight is 528 g/mol. The van der Waals surface area contributed by atoms with Crippen LogP contribution in [0.1, 0.15) is 11.1 Å². The zero-order valence-corrected chi connectivity index (χ0v) is 22.7. The molecule has 3 nitrogen and oxygen atoms in total. The molecule has 0 bridgehead atoms. The molecule has 0 aliphatic rings. The van der Waals surface area contributed by atoms with E-state index in [1.165, 1.54) is 32.7 Å². The van der Waals surface area contributed by atoms with E-state index in [1.807, 2.05) is 30.5 Å². The number of nitrogens with zero attached hydrogens (tertiary/aromatic N) is 2. The van der Waals surface area contributed by atoms with Crippen molar-refractivity contribution >= 4 is 58.7 Å². The van der Waals surface area contributed by atoms with Crippen molar-refractivity contribution in [1.29, 1.82) is 0 Å². The minimum atomic E-state index is 0.771. The topological polar surface area (TPSA) is 31.0 Å². The van der Waals surface area contributed by atoms with E-state index in [2.05, 4.69) is 118 Å². The molecule has 5 aromatic carbocycles. The first-order valence-electron chi connectivity index (χ1n) is 13.3. The number of hydrogen-bond donors (Lipinski definition) is 0. The van der Waals surface area contributed by atoms with E-state index in [-0.39, 0.29) is 0 Å². The van der Waals surface area contributed by atoms with Crippen LogP contribution in [-0.4, -0.2) is 24.6 Å². The molecule has 0 atom stereocenters. The third-order valence-electron chi connectivity index (χ3n) is 7.76. The summed E-state index contributed by atoms with van der Waals surface area (Å²) < 4.78 is 8.24. The summed E-state index contributed by atoms with van der Waals surface area (Å²) in [6.07, 6.45) is 1.81. The number of pyridine rings is 1. The number of fused-ring (bicyclic) bond motifs is 5. The van der Waals surface area contributed by atoms with Crippen molar-refractivity contribution in [2.24, 2.45) is 0 Å². The number of benzene rings is 5. The van der Waals surface area contributed by atoms with Crippen molar-refractivity contribution in [3.8, 4) is 16.9 Å². The van der Waals surface area contributed by atoms with Crippen LogP contribution in [0.5, 0.6) is 0 Å². The normalized spacial score (nSPS) is 11.6. The molecule has 1 radical (unpaired) electrons. The standard InChI is InChI=1S/C36H23N2OSi/c40-36(24-12-5-2-6-13-24)30-22-39-33-18-19-34(37-35(30)33)38-31-17-8-7-15-27(31)29-20-25-14-9-16-26(28(25)21-32(29)38)23-10-3-1-4-11-23/h1-22,40H. The molecule has 0 unspecified atom stereocenters. The largest absolute Gasteiger partial charge is 0.462 e. The number of furan rings is 1. The van der Waals surface area contributed by atoms with E-state index < -0.39 is 0 Å². The molecule has 0 spiro atoms. The Hall–Kier alpha value is -5.06. The lowest BCUT2D eigenvalue weighted by molar-refractivity contribution is 0.614. The van der Waals surface area contributed by atoms with E-state index in [0.717, 1.165) is 44.2 Å². The van der Waals surface area contributed by atoms with Gasteiger partial charge >= 0.3 is 0 Å². The quantitative estimate of drug-likeness (QED) is 0.216. The smallest absolute Gasteiger partial charge is 0.153 e. The fourth-order valence-electron chi connectivity index (χ4n) is 5.85. The molecule has 8 rings (SSSR count). The van der Waals surface area contributed by atoms with Crippen LogP contribution in [-0.2, 0) is 0 Å². The Balaban J connectivity index is 1.40. The molecule has 40 heavy (non-hydrogen) atoms. The molecule has 8 aromatic rings. The summed E-state index contributed by atoms with van der Waals surface area (Å²) in [4.78, 5) is 5.22. The number of aromatic nitrogens is 2. The number of para-hydroxylation sites is 1. The summed E-state index contributed by atoms with van der Waals surface area (Å²) in [7, 11) is 2.88. The fraction of sp³-hybridized carbons (Fsp3) is 0. The van der Waals surface area contributed by atoms with Crippen LogP contribution < -0.4 is 0 Å². The first kappa shape index (κ1) is 22.9. The molecule has 0 aliphatic heterocycles. The second-order valence-electron chi connectivity index (χ2n) is 10.1. The first-order chi connectivity index (χ1) is 19.8. The van der Waals surface area contributed by atoms with E-state index >= 15 is 0 Å². The molecule has 3 heterocycles. The minimum absolute atomic E-state index is 0.771. The highest BCUT2D eigenvalue weighted by atomic mass is 28.1. The van der Waals surface area contributed by atoms with Crippen LogP contribution in [0.25, 0.3) is 60.6 Å². The van der Waals surface area contributed by atoms with Crippen molar-refractivity contribution in [3.05, 3.63) is 145 Å². The zero-order chi connectivity index (χ0) is 26.6. The zero-order valence-electron chi connectivity index (χ0n) is 21.6.